The first-order valence-corrected chi connectivity index (χ1v) is 9.98. The second-order valence-corrected chi connectivity index (χ2v) is 7.76. The molecule has 0 aliphatic rings. The van der Waals surface area contributed by atoms with E-state index in [1.165, 1.54) is 0 Å². The monoisotopic (exact) mass is 449 g/mol. The van der Waals surface area contributed by atoms with Crippen LogP contribution < -0.4 is 5.32 Å². The maximum absolute atomic E-state index is 13.0. The predicted molar refractivity (Wildman–Crippen MR) is 117 cm³/mol. The molecule has 0 radical (unpaired) electrons. The van der Waals surface area contributed by atoms with E-state index in [4.69, 9.17) is 0 Å². The lowest BCUT2D eigenvalue weighted by molar-refractivity contribution is 0.102. The van der Waals surface area contributed by atoms with E-state index in [1.54, 1.807) is 10.9 Å². The van der Waals surface area contributed by atoms with Gasteiger partial charge in [-0.2, -0.15) is 10.2 Å². The summed E-state index contributed by atoms with van der Waals surface area (Å²) in [4.78, 5) is 13.0. The van der Waals surface area contributed by atoms with Crippen LogP contribution in [0.3, 0.4) is 0 Å². The summed E-state index contributed by atoms with van der Waals surface area (Å²) in [5.41, 5.74) is 5.64. The summed E-state index contributed by atoms with van der Waals surface area (Å²) in [6.07, 6.45) is 1.60. The Kier molecular flexibility index (Phi) is 5.07. The normalized spacial score (nSPS) is 10.9. The van der Waals surface area contributed by atoms with Gasteiger partial charge in [-0.25, -0.2) is 9.36 Å². The number of benzene rings is 2. The second-order valence-electron chi connectivity index (χ2n) is 6.84. The van der Waals surface area contributed by atoms with Crippen LogP contribution in [-0.2, 0) is 0 Å². The van der Waals surface area contributed by atoms with Crippen molar-refractivity contribution in [2.45, 2.75) is 20.8 Å². The Bertz CT molecular complexity index is 1190. The van der Waals surface area contributed by atoms with Gasteiger partial charge in [-0.05, 0) is 63.2 Å². The molecule has 146 valence electrons. The smallest absolute Gasteiger partial charge is 0.259 e. The minimum atomic E-state index is -0.208. The van der Waals surface area contributed by atoms with Crippen LogP contribution in [0.25, 0.3) is 11.4 Å². The van der Waals surface area contributed by atoms with Crippen molar-refractivity contribution in [1.82, 2.24) is 19.6 Å². The Morgan fingerprint density at radius 2 is 1.72 bits per heavy atom. The highest BCUT2D eigenvalue weighted by Gasteiger charge is 2.17. The molecule has 0 aliphatic carbocycles. The molecule has 0 saturated heterocycles. The Morgan fingerprint density at radius 1 is 1.00 bits per heavy atom. The van der Waals surface area contributed by atoms with Crippen LogP contribution in [0.5, 0.6) is 0 Å². The molecule has 0 atom stereocenters. The van der Waals surface area contributed by atoms with E-state index in [0.29, 0.717) is 11.3 Å². The van der Waals surface area contributed by atoms with E-state index in [0.717, 1.165) is 32.9 Å². The van der Waals surface area contributed by atoms with Crippen LogP contribution >= 0.6 is 15.9 Å². The maximum atomic E-state index is 13.0. The maximum Gasteiger partial charge on any atom is 0.259 e. The van der Waals surface area contributed by atoms with Gasteiger partial charge in [0.1, 0.15) is 0 Å². The van der Waals surface area contributed by atoms with Crippen molar-refractivity contribution in [2.24, 2.45) is 0 Å². The molecule has 2 aromatic heterocycles. The molecule has 0 bridgehead atoms. The van der Waals surface area contributed by atoms with Crippen LogP contribution in [-0.4, -0.2) is 25.5 Å². The Hall–Kier alpha value is -3.19. The van der Waals surface area contributed by atoms with Gasteiger partial charge in [-0.15, -0.1) is 0 Å². The van der Waals surface area contributed by atoms with E-state index in [1.807, 2.05) is 80.1 Å². The third kappa shape index (κ3) is 3.73. The first kappa shape index (κ1) is 19.1. The minimum Gasteiger partial charge on any atom is -0.320 e. The number of aryl methyl sites for hydroxylation is 2. The zero-order valence-corrected chi connectivity index (χ0v) is 17.9. The molecular formula is C22H20BrN5O. The highest BCUT2D eigenvalue weighted by atomic mass is 79.9. The standard InChI is InChI=1S/C22H20BrN5O/c1-14-12-15(2)27(26-14)21-7-5-4-6-20(21)25-22(29)19-13-24-28(16(19)3)18-10-8-17(23)9-11-18/h4-13H,1-3H3,(H,25,29). The summed E-state index contributed by atoms with van der Waals surface area (Å²) in [7, 11) is 0. The molecule has 1 amide bonds. The lowest BCUT2D eigenvalue weighted by Gasteiger charge is -2.12. The van der Waals surface area contributed by atoms with Crippen molar-refractivity contribution < 1.29 is 4.79 Å². The summed E-state index contributed by atoms with van der Waals surface area (Å²) < 4.78 is 4.59. The average Bonchev–Trinajstić information content (AvgIpc) is 3.24. The fraction of sp³-hybridized carbons (Fsp3) is 0.136. The van der Waals surface area contributed by atoms with Crippen molar-refractivity contribution in [1.29, 1.82) is 0 Å². The van der Waals surface area contributed by atoms with Crippen LogP contribution in [0.15, 0.2) is 65.3 Å². The number of hydrogen-bond acceptors (Lipinski definition) is 3. The predicted octanol–water partition coefficient (Wildman–Crippen LogP) is 5.00. The van der Waals surface area contributed by atoms with E-state index in [-0.39, 0.29) is 5.91 Å². The highest BCUT2D eigenvalue weighted by Crippen LogP contribution is 2.23. The molecule has 2 heterocycles. The lowest BCUT2D eigenvalue weighted by atomic mass is 10.2. The van der Waals surface area contributed by atoms with Gasteiger partial charge in [0.25, 0.3) is 5.91 Å². The molecule has 6 nitrogen and oxygen atoms in total. The van der Waals surface area contributed by atoms with E-state index < -0.39 is 0 Å². The number of para-hydroxylation sites is 2. The van der Waals surface area contributed by atoms with Crippen molar-refractivity contribution in [3.8, 4) is 11.4 Å². The van der Waals surface area contributed by atoms with Crippen molar-refractivity contribution in [2.75, 3.05) is 5.32 Å². The van der Waals surface area contributed by atoms with Gasteiger partial charge < -0.3 is 5.32 Å². The molecule has 29 heavy (non-hydrogen) atoms. The molecule has 4 rings (SSSR count). The summed E-state index contributed by atoms with van der Waals surface area (Å²) in [5, 5.41) is 11.9. The Labute approximate surface area is 177 Å². The summed E-state index contributed by atoms with van der Waals surface area (Å²) in [6, 6.07) is 17.4. The number of amides is 1. The van der Waals surface area contributed by atoms with Crippen molar-refractivity contribution >= 4 is 27.5 Å². The summed E-state index contributed by atoms with van der Waals surface area (Å²) in [6.45, 7) is 5.83. The molecule has 0 unspecified atom stereocenters. The SMILES string of the molecule is Cc1cc(C)n(-c2ccccc2NC(=O)c2cnn(-c3ccc(Br)cc3)c2C)n1. The minimum absolute atomic E-state index is 0.208. The van der Waals surface area contributed by atoms with Crippen molar-refractivity contribution in [3.05, 3.63) is 87.9 Å². The number of carbonyl (C=O) groups excluding carboxylic acids is 1. The zero-order valence-electron chi connectivity index (χ0n) is 16.3. The van der Waals surface area contributed by atoms with Gasteiger partial charge in [-0.3, -0.25) is 4.79 Å². The van der Waals surface area contributed by atoms with E-state index in [2.05, 4.69) is 31.4 Å². The number of nitrogens with one attached hydrogen (secondary N) is 1. The van der Waals surface area contributed by atoms with Gasteiger partial charge in [0, 0.05) is 10.2 Å². The van der Waals surface area contributed by atoms with Crippen LogP contribution in [0.1, 0.15) is 27.4 Å². The van der Waals surface area contributed by atoms with E-state index >= 15 is 0 Å². The summed E-state index contributed by atoms with van der Waals surface area (Å²) in [5.74, 6) is -0.208. The molecule has 0 spiro atoms. The highest BCUT2D eigenvalue weighted by molar-refractivity contribution is 9.10. The number of rotatable bonds is 4. The number of aromatic nitrogens is 4. The molecule has 0 aliphatic heterocycles. The molecule has 7 heteroatoms. The van der Waals surface area contributed by atoms with Gasteiger partial charge >= 0.3 is 0 Å². The third-order valence-electron chi connectivity index (χ3n) is 4.72. The quantitative estimate of drug-likeness (QED) is 0.476. The number of halogens is 1. The first-order chi connectivity index (χ1) is 13.9. The van der Waals surface area contributed by atoms with Crippen molar-refractivity contribution in [3.63, 3.8) is 0 Å². The number of nitrogens with zero attached hydrogens (tertiary/aromatic N) is 4. The van der Waals surface area contributed by atoms with Gasteiger partial charge in [0.15, 0.2) is 0 Å². The average molecular weight is 450 g/mol. The molecule has 0 saturated carbocycles. The largest absolute Gasteiger partial charge is 0.320 e. The third-order valence-corrected chi connectivity index (χ3v) is 5.24. The van der Waals surface area contributed by atoms with Gasteiger partial charge in [0.2, 0.25) is 0 Å². The fourth-order valence-corrected chi connectivity index (χ4v) is 3.57. The number of anilines is 1. The molecular weight excluding hydrogens is 430 g/mol. The van der Waals surface area contributed by atoms with Crippen LogP contribution in [0, 0.1) is 20.8 Å². The molecule has 1 N–H and O–H groups in total. The fourth-order valence-electron chi connectivity index (χ4n) is 3.30. The molecule has 0 fully saturated rings. The van der Waals surface area contributed by atoms with Gasteiger partial charge in [-0.1, -0.05) is 28.1 Å². The second kappa shape index (κ2) is 7.67. The Morgan fingerprint density at radius 3 is 2.41 bits per heavy atom. The van der Waals surface area contributed by atoms with Gasteiger partial charge in [0.05, 0.1) is 40.2 Å². The van der Waals surface area contributed by atoms with Crippen LogP contribution in [0.2, 0.25) is 0 Å². The Balaban J connectivity index is 1.65. The molecule has 2 aromatic carbocycles. The van der Waals surface area contributed by atoms with Crippen LogP contribution in [0.4, 0.5) is 5.69 Å². The summed E-state index contributed by atoms with van der Waals surface area (Å²) >= 11 is 3.43. The lowest BCUT2D eigenvalue weighted by Crippen LogP contribution is -2.15. The number of hydrogen-bond donors (Lipinski definition) is 1. The zero-order chi connectivity index (χ0) is 20.5. The first-order valence-electron chi connectivity index (χ1n) is 9.18. The number of carbonyl (C=O) groups is 1. The topological polar surface area (TPSA) is 64.7 Å². The molecule has 4 aromatic rings. The van der Waals surface area contributed by atoms with E-state index in [9.17, 15) is 4.79 Å².